The number of carbonyl (C=O) groups excluding carboxylic acids is 2. The third kappa shape index (κ3) is 49.5. The van der Waals surface area contributed by atoms with E-state index in [1.54, 1.807) is 0 Å². The van der Waals surface area contributed by atoms with Crippen molar-refractivity contribution in [1.29, 1.82) is 0 Å². The Hall–Kier alpha value is -1.77. The Morgan fingerprint density at radius 2 is 0.841 bits per heavy atom. The summed E-state index contributed by atoms with van der Waals surface area (Å²) in [6.07, 6.45) is 57.7. The molecule has 0 heterocycles. The summed E-state index contributed by atoms with van der Waals surface area (Å²) in [5.41, 5.74) is 5.37. The molecule has 0 amide bonds. The minimum atomic E-state index is -4.39. The quantitative estimate of drug-likeness (QED) is 0.0265. The fourth-order valence-electron chi connectivity index (χ4n) is 7.55. The van der Waals surface area contributed by atoms with Crippen LogP contribution in [-0.4, -0.2) is 49.3 Å². The van der Waals surface area contributed by atoms with Crippen molar-refractivity contribution in [2.75, 3.05) is 26.4 Å². The molecule has 2 atom stereocenters. The lowest BCUT2D eigenvalue weighted by Gasteiger charge is -2.19. The lowest BCUT2D eigenvalue weighted by molar-refractivity contribution is -0.161. The second-order valence-electron chi connectivity index (χ2n) is 17.7. The fourth-order valence-corrected chi connectivity index (χ4v) is 8.32. The highest BCUT2D eigenvalue weighted by molar-refractivity contribution is 7.47. The normalized spacial score (nSPS) is 13.4. The molecule has 0 aliphatic heterocycles. The average Bonchev–Trinajstić information content (AvgIpc) is 3.27. The second kappa shape index (κ2) is 49.7. The first kappa shape index (κ1) is 61.2. The summed E-state index contributed by atoms with van der Waals surface area (Å²) in [4.78, 5) is 35.1. The van der Waals surface area contributed by atoms with Crippen LogP contribution >= 0.6 is 7.82 Å². The largest absolute Gasteiger partial charge is 0.472 e. The van der Waals surface area contributed by atoms with Gasteiger partial charge in [-0.25, -0.2) is 4.57 Å². The molecule has 0 aromatic rings. The van der Waals surface area contributed by atoms with Crippen LogP contribution in [-0.2, 0) is 32.7 Å². The van der Waals surface area contributed by atoms with Crippen LogP contribution in [0, 0.1) is 0 Å². The number of esters is 2. The van der Waals surface area contributed by atoms with Gasteiger partial charge in [-0.3, -0.25) is 18.6 Å². The Kier molecular flexibility index (Phi) is 48.3. The Labute approximate surface area is 388 Å². The molecule has 10 heteroatoms. The summed E-state index contributed by atoms with van der Waals surface area (Å²) < 4.78 is 32.9. The minimum Gasteiger partial charge on any atom is -0.462 e. The monoisotopic (exact) mass is 910 g/mol. The van der Waals surface area contributed by atoms with Crippen molar-refractivity contribution in [3.63, 3.8) is 0 Å². The van der Waals surface area contributed by atoms with Gasteiger partial charge in [0.2, 0.25) is 0 Å². The molecule has 0 fully saturated rings. The Balaban J connectivity index is 4.04. The molecule has 0 saturated carbocycles. The number of hydrogen-bond acceptors (Lipinski definition) is 8. The molecule has 0 aromatic carbocycles. The molecule has 0 radical (unpaired) electrons. The van der Waals surface area contributed by atoms with Gasteiger partial charge in [0.05, 0.1) is 13.2 Å². The fraction of sp³-hybridized carbons (Fsp3) is 0.849. The van der Waals surface area contributed by atoms with Crippen molar-refractivity contribution >= 4 is 19.8 Å². The lowest BCUT2D eigenvalue weighted by atomic mass is 10.0. The molecule has 3 N–H and O–H groups in total. The Bertz CT molecular complexity index is 1130. The molecule has 1 unspecified atom stereocenters. The first-order valence-electron chi connectivity index (χ1n) is 26.5. The van der Waals surface area contributed by atoms with Gasteiger partial charge in [-0.1, -0.05) is 217 Å². The summed E-state index contributed by atoms with van der Waals surface area (Å²) >= 11 is 0. The van der Waals surface area contributed by atoms with Crippen molar-refractivity contribution < 1.29 is 37.6 Å². The number of ether oxygens (including phenoxy) is 2. The summed E-state index contributed by atoms with van der Waals surface area (Å²) in [6.45, 7) is 3.72. The van der Waals surface area contributed by atoms with Gasteiger partial charge in [0, 0.05) is 19.4 Å². The van der Waals surface area contributed by atoms with Crippen molar-refractivity contribution in [3.05, 3.63) is 36.5 Å². The number of hydrogen-bond donors (Lipinski definition) is 2. The first-order valence-corrected chi connectivity index (χ1v) is 28.0. The topological polar surface area (TPSA) is 134 Å². The van der Waals surface area contributed by atoms with E-state index in [2.05, 4.69) is 50.3 Å². The van der Waals surface area contributed by atoms with E-state index in [0.29, 0.717) is 6.42 Å². The molecule has 9 nitrogen and oxygen atoms in total. The Morgan fingerprint density at radius 3 is 1.30 bits per heavy atom. The van der Waals surface area contributed by atoms with Crippen molar-refractivity contribution in [1.82, 2.24) is 0 Å². The van der Waals surface area contributed by atoms with Gasteiger partial charge in [-0.15, -0.1) is 0 Å². The van der Waals surface area contributed by atoms with Crippen LogP contribution in [0.5, 0.6) is 0 Å². The smallest absolute Gasteiger partial charge is 0.462 e. The lowest BCUT2D eigenvalue weighted by Crippen LogP contribution is -2.29. The van der Waals surface area contributed by atoms with Crippen LogP contribution in [0.25, 0.3) is 0 Å². The van der Waals surface area contributed by atoms with Gasteiger partial charge in [-0.05, 0) is 64.2 Å². The third-order valence-corrected chi connectivity index (χ3v) is 12.5. The molecule has 0 saturated heterocycles. The number of carbonyl (C=O) groups is 2. The number of rotatable bonds is 50. The van der Waals surface area contributed by atoms with Gasteiger partial charge in [0.15, 0.2) is 6.10 Å². The molecule has 63 heavy (non-hydrogen) atoms. The maximum absolute atomic E-state index is 12.6. The SMILES string of the molecule is CCCCC/C=C/C/C=C/CCCCCCCCCCCC(=O)OC[C@H](COP(=O)(O)OCCN)OC(=O)CCC/C=C/CCCCCCCCCCCCCCCCCCCC. The van der Waals surface area contributed by atoms with Crippen LogP contribution in [0.1, 0.15) is 258 Å². The van der Waals surface area contributed by atoms with Gasteiger partial charge in [0.1, 0.15) is 6.61 Å². The minimum absolute atomic E-state index is 0.0495. The molecule has 0 bridgehead atoms. The van der Waals surface area contributed by atoms with Gasteiger partial charge >= 0.3 is 19.8 Å². The van der Waals surface area contributed by atoms with Crippen LogP contribution in [0.3, 0.4) is 0 Å². The summed E-state index contributed by atoms with van der Waals surface area (Å²) in [7, 11) is -4.39. The van der Waals surface area contributed by atoms with Gasteiger partial charge < -0.3 is 20.1 Å². The predicted molar refractivity (Wildman–Crippen MR) is 266 cm³/mol. The summed E-state index contributed by atoms with van der Waals surface area (Å²) in [5.74, 6) is -0.861. The highest BCUT2D eigenvalue weighted by atomic mass is 31.2. The number of allylic oxidation sites excluding steroid dienone is 6. The van der Waals surface area contributed by atoms with E-state index in [9.17, 15) is 19.0 Å². The van der Waals surface area contributed by atoms with Crippen LogP contribution < -0.4 is 5.73 Å². The number of unbranched alkanes of at least 4 members (excludes halogenated alkanes) is 31. The van der Waals surface area contributed by atoms with Crippen LogP contribution in [0.2, 0.25) is 0 Å². The molecule has 0 aromatic heterocycles. The third-order valence-electron chi connectivity index (χ3n) is 11.5. The van der Waals surface area contributed by atoms with Gasteiger partial charge in [0.25, 0.3) is 0 Å². The van der Waals surface area contributed by atoms with Crippen molar-refractivity contribution in [2.45, 2.75) is 264 Å². The molecule has 0 spiro atoms. The van der Waals surface area contributed by atoms with E-state index < -0.39 is 26.5 Å². The zero-order chi connectivity index (χ0) is 46.0. The predicted octanol–water partition coefficient (Wildman–Crippen LogP) is 16.1. The molecule has 0 aliphatic rings. The van der Waals surface area contributed by atoms with E-state index in [-0.39, 0.29) is 38.6 Å². The number of phosphoric ester groups is 1. The molecular weight excluding hydrogens is 810 g/mol. The van der Waals surface area contributed by atoms with E-state index >= 15 is 0 Å². The van der Waals surface area contributed by atoms with E-state index in [1.165, 1.54) is 180 Å². The zero-order valence-corrected chi connectivity index (χ0v) is 42.0. The van der Waals surface area contributed by atoms with Crippen LogP contribution in [0.4, 0.5) is 0 Å². The summed E-state index contributed by atoms with van der Waals surface area (Å²) in [5, 5.41) is 0. The highest BCUT2D eigenvalue weighted by Crippen LogP contribution is 2.43. The highest BCUT2D eigenvalue weighted by Gasteiger charge is 2.26. The van der Waals surface area contributed by atoms with Crippen molar-refractivity contribution in [3.8, 4) is 0 Å². The molecule has 0 aliphatic carbocycles. The maximum Gasteiger partial charge on any atom is 0.472 e. The maximum atomic E-state index is 12.6. The van der Waals surface area contributed by atoms with Crippen molar-refractivity contribution in [2.24, 2.45) is 5.73 Å². The molecule has 370 valence electrons. The number of phosphoric acid groups is 1. The zero-order valence-electron chi connectivity index (χ0n) is 41.1. The summed E-state index contributed by atoms with van der Waals surface area (Å²) in [6, 6.07) is 0. The number of nitrogens with two attached hydrogens (primary N) is 1. The molecular formula is C53H100NO8P. The molecule has 0 rings (SSSR count). The van der Waals surface area contributed by atoms with Crippen LogP contribution in [0.15, 0.2) is 36.5 Å². The van der Waals surface area contributed by atoms with Gasteiger partial charge in [-0.2, -0.15) is 0 Å². The Morgan fingerprint density at radius 1 is 0.476 bits per heavy atom. The van der Waals surface area contributed by atoms with E-state index in [1.807, 2.05) is 0 Å². The standard InChI is InChI=1S/C53H100NO8P/c1-3-5-7-9-11-13-15-17-19-21-23-24-25-26-28-30-32-34-36-38-40-42-44-46-53(56)62-51(50-61-63(57,58)60-48-47-54)49-59-52(55)45-43-41-39-37-35-33-31-29-27-22-20-18-16-14-12-10-8-6-4-2/h12,14,18,20,38,40,51H,3-11,13,15-17,19,21-37,39,41-50,54H2,1-2H3,(H,57,58)/b14-12+,20-18+,40-38+/t51-/m1/s1. The average molecular weight is 910 g/mol. The second-order valence-corrected chi connectivity index (χ2v) is 19.2. The van der Waals surface area contributed by atoms with E-state index in [4.69, 9.17) is 24.3 Å². The van der Waals surface area contributed by atoms with E-state index in [0.717, 1.165) is 44.9 Å². The first-order chi connectivity index (χ1) is 30.8.